The van der Waals surface area contributed by atoms with E-state index in [1.807, 2.05) is 0 Å². The Labute approximate surface area is 73.9 Å². The van der Waals surface area contributed by atoms with E-state index in [1.54, 1.807) is 0 Å². The molecule has 0 aliphatic carbocycles. The van der Waals surface area contributed by atoms with Gasteiger partial charge in [-0.2, -0.15) is 0 Å². The molecule has 3 heteroatoms. The zero-order chi connectivity index (χ0) is 9.35. The Kier molecular flexibility index (Phi) is 2.74. The van der Waals surface area contributed by atoms with Gasteiger partial charge in [-0.3, -0.25) is 4.90 Å². The number of halogens is 1. The Morgan fingerprint density at radius 1 is 1.42 bits per heavy atom. The molecular formula is C9H19FN2. The van der Waals surface area contributed by atoms with Gasteiger partial charge in [-0.1, -0.05) is 0 Å². The molecule has 0 amide bonds. The van der Waals surface area contributed by atoms with Crippen LogP contribution in [0.1, 0.15) is 27.2 Å². The minimum absolute atomic E-state index is 0.123. The lowest BCUT2D eigenvalue weighted by molar-refractivity contribution is 0.0593. The summed E-state index contributed by atoms with van der Waals surface area (Å²) in [6, 6.07) is -0.294. The monoisotopic (exact) mass is 174 g/mol. The highest BCUT2D eigenvalue weighted by Crippen LogP contribution is 2.20. The Hall–Kier alpha value is -0.150. The fourth-order valence-corrected chi connectivity index (χ4v) is 1.56. The third kappa shape index (κ3) is 2.17. The van der Waals surface area contributed by atoms with Crippen LogP contribution in [0.3, 0.4) is 0 Å². The standard InChI is InChI=1S/C9H19FN2/c1-9(2,3)12-5-4-7(10)8(11)6-12/h7-8H,4-6,11H2,1-3H3. The van der Waals surface area contributed by atoms with Crippen LogP contribution in [-0.2, 0) is 0 Å². The number of piperidine rings is 1. The van der Waals surface area contributed by atoms with Crippen LogP contribution < -0.4 is 5.73 Å². The van der Waals surface area contributed by atoms with Crippen molar-refractivity contribution >= 4 is 0 Å². The van der Waals surface area contributed by atoms with Gasteiger partial charge in [-0.25, -0.2) is 4.39 Å². The summed E-state index contributed by atoms with van der Waals surface area (Å²) in [6.45, 7) is 7.93. The van der Waals surface area contributed by atoms with Crippen molar-refractivity contribution in [3.8, 4) is 0 Å². The molecule has 0 aromatic carbocycles. The van der Waals surface area contributed by atoms with Gasteiger partial charge in [0.2, 0.25) is 0 Å². The van der Waals surface area contributed by atoms with E-state index in [0.717, 1.165) is 6.54 Å². The molecule has 1 rings (SSSR count). The van der Waals surface area contributed by atoms with Gasteiger partial charge in [-0.15, -0.1) is 0 Å². The largest absolute Gasteiger partial charge is 0.324 e. The quantitative estimate of drug-likeness (QED) is 0.597. The maximum atomic E-state index is 13.0. The first-order chi connectivity index (χ1) is 5.41. The van der Waals surface area contributed by atoms with Crippen molar-refractivity contribution in [3.05, 3.63) is 0 Å². The highest BCUT2D eigenvalue weighted by atomic mass is 19.1. The summed E-state index contributed by atoms with van der Waals surface area (Å²) in [5, 5.41) is 0. The van der Waals surface area contributed by atoms with Crippen molar-refractivity contribution in [3.63, 3.8) is 0 Å². The van der Waals surface area contributed by atoms with E-state index >= 15 is 0 Å². The average molecular weight is 174 g/mol. The lowest BCUT2D eigenvalue weighted by Crippen LogP contribution is -2.55. The smallest absolute Gasteiger partial charge is 0.118 e. The lowest BCUT2D eigenvalue weighted by atomic mass is 9.97. The predicted octanol–water partition coefficient (Wildman–Crippen LogP) is 1.16. The molecular weight excluding hydrogens is 155 g/mol. The predicted molar refractivity (Wildman–Crippen MR) is 48.8 cm³/mol. The highest BCUT2D eigenvalue weighted by molar-refractivity contribution is 4.88. The molecule has 1 aliphatic rings. The topological polar surface area (TPSA) is 29.3 Å². The van der Waals surface area contributed by atoms with Crippen molar-refractivity contribution in [1.29, 1.82) is 0 Å². The van der Waals surface area contributed by atoms with Crippen LogP contribution in [0, 0.1) is 0 Å². The summed E-state index contributed by atoms with van der Waals surface area (Å²) < 4.78 is 13.0. The Balaban J connectivity index is 2.51. The fourth-order valence-electron chi connectivity index (χ4n) is 1.56. The molecule has 0 aromatic heterocycles. The number of hydrogen-bond donors (Lipinski definition) is 1. The zero-order valence-corrected chi connectivity index (χ0v) is 8.18. The van der Waals surface area contributed by atoms with Gasteiger partial charge in [0.25, 0.3) is 0 Å². The van der Waals surface area contributed by atoms with Crippen LogP contribution in [0.25, 0.3) is 0 Å². The van der Waals surface area contributed by atoms with E-state index in [-0.39, 0.29) is 11.6 Å². The van der Waals surface area contributed by atoms with Gasteiger partial charge >= 0.3 is 0 Å². The third-order valence-electron chi connectivity index (χ3n) is 2.52. The molecule has 1 heterocycles. The van der Waals surface area contributed by atoms with Crippen LogP contribution >= 0.6 is 0 Å². The normalized spacial score (nSPS) is 33.8. The minimum Gasteiger partial charge on any atom is -0.324 e. The van der Waals surface area contributed by atoms with E-state index in [1.165, 1.54) is 0 Å². The first-order valence-corrected chi connectivity index (χ1v) is 4.56. The molecule has 2 nitrogen and oxygen atoms in total. The van der Waals surface area contributed by atoms with E-state index in [0.29, 0.717) is 13.0 Å². The molecule has 1 saturated heterocycles. The van der Waals surface area contributed by atoms with Crippen LogP contribution in [0.4, 0.5) is 4.39 Å². The summed E-state index contributed by atoms with van der Waals surface area (Å²) in [5.41, 5.74) is 5.77. The fraction of sp³-hybridized carbons (Fsp3) is 1.00. The molecule has 2 unspecified atom stereocenters. The van der Waals surface area contributed by atoms with Crippen molar-refractivity contribution in [2.75, 3.05) is 13.1 Å². The maximum absolute atomic E-state index is 13.0. The van der Waals surface area contributed by atoms with Crippen molar-refractivity contribution in [1.82, 2.24) is 4.90 Å². The first-order valence-electron chi connectivity index (χ1n) is 4.56. The second kappa shape index (κ2) is 3.30. The van der Waals surface area contributed by atoms with E-state index in [9.17, 15) is 4.39 Å². The van der Waals surface area contributed by atoms with Crippen LogP contribution in [0.5, 0.6) is 0 Å². The van der Waals surface area contributed by atoms with Gasteiger partial charge in [0.1, 0.15) is 6.17 Å². The molecule has 1 aliphatic heterocycles. The Morgan fingerprint density at radius 3 is 2.42 bits per heavy atom. The lowest BCUT2D eigenvalue weighted by Gasteiger charge is -2.41. The summed E-state index contributed by atoms with van der Waals surface area (Å²) >= 11 is 0. The van der Waals surface area contributed by atoms with Crippen LogP contribution in [0.15, 0.2) is 0 Å². The van der Waals surface area contributed by atoms with Gasteiger partial charge in [0, 0.05) is 24.7 Å². The van der Waals surface area contributed by atoms with Gasteiger partial charge < -0.3 is 5.73 Å². The summed E-state index contributed by atoms with van der Waals surface area (Å²) in [4.78, 5) is 2.24. The maximum Gasteiger partial charge on any atom is 0.118 e. The van der Waals surface area contributed by atoms with Gasteiger partial charge in [0.05, 0.1) is 0 Å². The van der Waals surface area contributed by atoms with E-state index in [4.69, 9.17) is 5.73 Å². The number of nitrogens with zero attached hydrogens (tertiary/aromatic N) is 1. The van der Waals surface area contributed by atoms with Crippen molar-refractivity contribution < 1.29 is 4.39 Å². The highest BCUT2D eigenvalue weighted by Gasteiger charge is 2.31. The summed E-state index contributed by atoms with van der Waals surface area (Å²) in [5.74, 6) is 0. The third-order valence-corrected chi connectivity index (χ3v) is 2.52. The SMILES string of the molecule is CC(C)(C)N1CCC(F)C(N)C1. The second-order valence-corrected chi connectivity index (χ2v) is 4.59. The van der Waals surface area contributed by atoms with Gasteiger partial charge in [0.15, 0.2) is 0 Å². The number of rotatable bonds is 0. The minimum atomic E-state index is -0.802. The summed E-state index contributed by atoms with van der Waals surface area (Å²) in [6.07, 6.45) is -0.220. The first kappa shape index (κ1) is 9.93. The average Bonchev–Trinajstić information content (AvgIpc) is 1.92. The molecule has 0 aromatic rings. The summed E-state index contributed by atoms with van der Waals surface area (Å²) in [7, 11) is 0. The van der Waals surface area contributed by atoms with Crippen LogP contribution in [0.2, 0.25) is 0 Å². The number of alkyl halides is 1. The molecule has 1 fully saturated rings. The molecule has 0 bridgehead atoms. The molecule has 0 saturated carbocycles. The Morgan fingerprint density at radius 2 is 2.00 bits per heavy atom. The second-order valence-electron chi connectivity index (χ2n) is 4.59. The van der Waals surface area contributed by atoms with Crippen molar-refractivity contribution in [2.45, 2.75) is 44.9 Å². The van der Waals surface area contributed by atoms with E-state index < -0.39 is 6.17 Å². The molecule has 12 heavy (non-hydrogen) atoms. The van der Waals surface area contributed by atoms with Crippen molar-refractivity contribution in [2.24, 2.45) is 5.73 Å². The zero-order valence-electron chi connectivity index (χ0n) is 8.18. The molecule has 72 valence electrons. The Bertz CT molecular complexity index is 153. The number of nitrogens with two attached hydrogens (primary N) is 1. The van der Waals surface area contributed by atoms with Crippen LogP contribution in [-0.4, -0.2) is 35.7 Å². The molecule has 0 radical (unpaired) electrons. The van der Waals surface area contributed by atoms with Gasteiger partial charge in [-0.05, 0) is 27.2 Å². The molecule has 2 atom stereocenters. The van der Waals surface area contributed by atoms with E-state index in [2.05, 4.69) is 25.7 Å². The number of hydrogen-bond acceptors (Lipinski definition) is 2. The molecule has 2 N–H and O–H groups in total. The number of likely N-dealkylation sites (tertiary alicyclic amines) is 1. The molecule has 0 spiro atoms.